The van der Waals surface area contributed by atoms with Gasteiger partial charge in [-0.05, 0) is 18.3 Å². The van der Waals surface area contributed by atoms with E-state index in [0.717, 1.165) is 13.1 Å². The van der Waals surface area contributed by atoms with Gasteiger partial charge in [-0.15, -0.1) is 0 Å². The molecule has 7 heteroatoms. The van der Waals surface area contributed by atoms with Crippen molar-refractivity contribution >= 4 is 23.6 Å². The Hall–Kier alpha value is -1.37. The second-order valence-electron chi connectivity index (χ2n) is 5.16. The van der Waals surface area contributed by atoms with Crippen LogP contribution in [0.4, 0.5) is 5.95 Å². The molecule has 104 valence electrons. The molecule has 0 bridgehead atoms. The van der Waals surface area contributed by atoms with Gasteiger partial charge in [-0.25, -0.2) is 9.97 Å². The maximum absolute atomic E-state index is 12.2. The van der Waals surface area contributed by atoms with Gasteiger partial charge in [0.1, 0.15) is 6.33 Å². The Morgan fingerprint density at radius 3 is 2.74 bits per heavy atom. The van der Waals surface area contributed by atoms with E-state index in [0.29, 0.717) is 22.7 Å². The standard InChI is InChI=1S/C12H19N5OS/c1-8-3-9(2)5-17(4-8)10(18)6-19-12-15-7-14-11(13)16-12/h7-9H,3-6H2,1-2H3,(H2,13,14,15,16). The molecule has 2 rings (SSSR count). The molecule has 2 heterocycles. The van der Waals surface area contributed by atoms with Crippen molar-refractivity contribution < 1.29 is 4.79 Å². The van der Waals surface area contributed by atoms with Crippen LogP contribution in [0.3, 0.4) is 0 Å². The monoisotopic (exact) mass is 281 g/mol. The topological polar surface area (TPSA) is 85.0 Å². The van der Waals surface area contributed by atoms with Crippen LogP contribution in [-0.4, -0.2) is 44.6 Å². The molecule has 1 aromatic heterocycles. The molecule has 19 heavy (non-hydrogen) atoms. The largest absolute Gasteiger partial charge is 0.368 e. The first-order valence-corrected chi connectivity index (χ1v) is 7.38. The highest BCUT2D eigenvalue weighted by Crippen LogP contribution is 2.22. The molecule has 6 nitrogen and oxygen atoms in total. The van der Waals surface area contributed by atoms with E-state index in [4.69, 9.17) is 5.73 Å². The number of thioether (sulfide) groups is 1. The van der Waals surface area contributed by atoms with Crippen molar-refractivity contribution in [1.29, 1.82) is 0 Å². The van der Waals surface area contributed by atoms with Gasteiger partial charge in [-0.1, -0.05) is 25.6 Å². The lowest BCUT2D eigenvalue weighted by atomic mass is 9.92. The van der Waals surface area contributed by atoms with Crippen molar-refractivity contribution in [3.8, 4) is 0 Å². The molecule has 1 fully saturated rings. The summed E-state index contributed by atoms with van der Waals surface area (Å²) in [6, 6.07) is 0. The van der Waals surface area contributed by atoms with E-state index in [2.05, 4.69) is 28.8 Å². The number of carbonyl (C=O) groups excluding carboxylic acids is 1. The summed E-state index contributed by atoms with van der Waals surface area (Å²) in [6.45, 7) is 6.08. The molecule has 2 atom stereocenters. The molecule has 0 radical (unpaired) electrons. The summed E-state index contributed by atoms with van der Waals surface area (Å²) in [5.41, 5.74) is 5.47. The second kappa shape index (κ2) is 6.18. The fraction of sp³-hybridized carbons (Fsp3) is 0.667. The molecule has 1 aromatic rings. The zero-order chi connectivity index (χ0) is 13.8. The Labute approximate surface area is 117 Å². The lowest BCUT2D eigenvalue weighted by Gasteiger charge is -2.34. The summed E-state index contributed by atoms with van der Waals surface area (Å²) in [6.07, 6.45) is 2.56. The zero-order valence-corrected chi connectivity index (χ0v) is 12.1. The molecule has 2 N–H and O–H groups in total. The summed E-state index contributed by atoms with van der Waals surface area (Å²) in [7, 11) is 0. The predicted molar refractivity (Wildman–Crippen MR) is 74.5 cm³/mol. The number of nitrogens with zero attached hydrogens (tertiary/aromatic N) is 4. The van der Waals surface area contributed by atoms with E-state index in [1.807, 2.05) is 4.90 Å². The smallest absolute Gasteiger partial charge is 0.233 e. The average molecular weight is 281 g/mol. The Kier molecular flexibility index (Phi) is 4.57. The van der Waals surface area contributed by atoms with E-state index < -0.39 is 0 Å². The van der Waals surface area contributed by atoms with E-state index in [-0.39, 0.29) is 11.9 Å². The number of hydrogen-bond acceptors (Lipinski definition) is 6. The van der Waals surface area contributed by atoms with E-state index in [1.54, 1.807) is 0 Å². The fourth-order valence-electron chi connectivity index (χ4n) is 2.45. The summed E-state index contributed by atoms with van der Waals surface area (Å²) < 4.78 is 0. The third-order valence-corrected chi connectivity index (χ3v) is 3.96. The van der Waals surface area contributed by atoms with Gasteiger partial charge in [0.25, 0.3) is 0 Å². The number of hydrogen-bond donors (Lipinski definition) is 1. The third kappa shape index (κ3) is 4.05. The maximum Gasteiger partial charge on any atom is 0.233 e. The molecular weight excluding hydrogens is 262 g/mol. The highest BCUT2D eigenvalue weighted by molar-refractivity contribution is 7.99. The Morgan fingerprint density at radius 1 is 1.42 bits per heavy atom. The molecule has 1 amide bonds. The van der Waals surface area contributed by atoms with Gasteiger partial charge >= 0.3 is 0 Å². The minimum Gasteiger partial charge on any atom is -0.368 e. The number of aromatic nitrogens is 3. The lowest BCUT2D eigenvalue weighted by Crippen LogP contribution is -2.43. The van der Waals surface area contributed by atoms with Crippen LogP contribution in [0.15, 0.2) is 11.5 Å². The van der Waals surface area contributed by atoms with Gasteiger partial charge in [0.15, 0.2) is 5.16 Å². The minimum atomic E-state index is 0.141. The maximum atomic E-state index is 12.2. The Balaban J connectivity index is 1.87. The lowest BCUT2D eigenvalue weighted by molar-refractivity contribution is -0.130. The molecule has 0 spiro atoms. The van der Waals surface area contributed by atoms with Gasteiger partial charge in [0.05, 0.1) is 5.75 Å². The van der Waals surface area contributed by atoms with Crippen molar-refractivity contribution in [2.24, 2.45) is 11.8 Å². The quantitative estimate of drug-likeness (QED) is 0.834. The van der Waals surface area contributed by atoms with Crippen LogP contribution in [0, 0.1) is 11.8 Å². The normalized spacial score (nSPS) is 23.4. The van der Waals surface area contributed by atoms with Crippen LogP contribution in [0.1, 0.15) is 20.3 Å². The molecule has 1 aliphatic heterocycles. The molecule has 0 aromatic carbocycles. The van der Waals surface area contributed by atoms with Gasteiger partial charge in [0, 0.05) is 13.1 Å². The van der Waals surface area contributed by atoms with Gasteiger partial charge in [-0.3, -0.25) is 4.79 Å². The van der Waals surface area contributed by atoms with Gasteiger partial charge < -0.3 is 10.6 Å². The van der Waals surface area contributed by atoms with Crippen LogP contribution < -0.4 is 5.73 Å². The number of likely N-dealkylation sites (tertiary alicyclic amines) is 1. The molecule has 1 aliphatic rings. The van der Waals surface area contributed by atoms with Crippen LogP contribution in [0.2, 0.25) is 0 Å². The summed E-state index contributed by atoms with van der Waals surface area (Å²) >= 11 is 1.31. The molecule has 0 aliphatic carbocycles. The van der Waals surface area contributed by atoms with Crippen molar-refractivity contribution in [3.05, 3.63) is 6.33 Å². The highest BCUT2D eigenvalue weighted by atomic mass is 32.2. The fourth-order valence-corrected chi connectivity index (χ4v) is 3.16. The van der Waals surface area contributed by atoms with E-state index in [1.165, 1.54) is 24.5 Å². The van der Waals surface area contributed by atoms with Gasteiger partial charge in [-0.2, -0.15) is 4.98 Å². The number of piperidine rings is 1. The SMILES string of the molecule is CC1CC(C)CN(C(=O)CSc2ncnc(N)n2)C1. The second-order valence-corrected chi connectivity index (χ2v) is 6.10. The Bertz CT molecular complexity index is 446. The molecule has 0 saturated carbocycles. The number of carbonyl (C=O) groups is 1. The number of anilines is 1. The summed E-state index contributed by atoms with van der Waals surface area (Å²) in [5.74, 6) is 1.83. The zero-order valence-electron chi connectivity index (χ0n) is 11.2. The van der Waals surface area contributed by atoms with Crippen LogP contribution in [-0.2, 0) is 4.79 Å². The molecule has 2 unspecified atom stereocenters. The minimum absolute atomic E-state index is 0.141. The van der Waals surface area contributed by atoms with Crippen molar-refractivity contribution in [2.45, 2.75) is 25.4 Å². The highest BCUT2D eigenvalue weighted by Gasteiger charge is 2.25. The van der Waals surface area contributed by atoms with Crippen molar-refractivity contribution in [2.75, 3.05) is 24.6 Å². The first-order valence-electron chi connectivity index (χ1n) is 6.39. The summed E-state index contributed by atoms with van der Waals surface area (Å²) in [5, 5.41) is 0.499. The number of nitrogen functional groups attached to an aromatic ring is 1. The number of amides is 1. The van der Waals surface area contributed by atoms with E-state index >= 15 is 0 Å². The van der Waals surface area contributed by atoms with Crippen LogP contribution >= 0.6 is 11.8 Å². The average Bonchev–Trinajstić information content (AvgIpc) is 2.35. The first-order chi connectivity index (χ1) is 9.04. The van der Waals surface area contributed by atoms with Gasteiger partial charge in [0.2, 0.25) is 11.9 Å². The van der Waals surface area contributed by atoms with Crippen molar-refractivity contribution in [3.63, 3.8) is 0 Å². The Morgan fingerprint density at radius 2 is 2.11 bits per heavy atom. The van der Waals surface area contributed by atoms with E-state index in [9.17, 15) is 4.79 Å². The summed E-state index contributed by atoms with van der Waals surface area (Å²) in [4.78, 5) is 25.8. The van der Waals surface area contributed by atoms with Crippen LogP contribution in [0.25, 0.3) is 0 Å². The van der Waals surface area contributed by atoms with Crippen LogP contribution in [0.5, 0.6) is 0 Å². The molecular formula is C12H19N5OS. The number of rotatable bonds is 3. The predicted octanol–water partition coefficient (Wildman–Crippen LogP) is 1.05. The number of nitrogens with two attached hydrogens (primary N) is 1. The van der Waals surface area contributed by atoms with Crippen molar-refractivity contribution in [1.82, 2.24) is 19.9 Å². The molecule has 1 saturated heterocycles. The third-order valence-electron chi connectivity index (χ3n) is 3.11. The first kappa shape index (κ1) is 14.0.